The van der Waals surface area contributed by atoms with Crippen LogP contribution in [0.4, 0.5) is 21.0 Å². The number of rotatable bonds is 5. The summed E-state index contributed by atoms with van der Waals surface area (Å²) < 4.78 is 10.8. The second kappa shape index (κ2) is 8.69. The molecule has 34 heavy (non-hydrogen) atoms. The first-order chi connectivity index (χ1) is 16.2. The van der Waals surface area contributed by atoms with E-state index in [9.17, 15) is 29.3 Å². The molecule has 2 aliphatic heterocycles. The van der Waals surface area contributed by atoms with Crippen molar-refractivity contribution in [3.05, 3.63) is 58.1 Å². The Kier molecular flexibility index (Phi) is 5.75. The van der Waals surface area contributed by atoms with Gasteiger partial charge in [-0.3, -0.25) is 29.9 Å². The predicted octanol–water partition coefficient (Wildman–Crippen LogP) is 1.48. The van der Waals surface area contributed by atoms with Gasteiger partial charge in [-0.25, -0.2) is 9.59 Å². The number of non-ortho nitro benzene ring substituents is 1. The van der Waals surface area contributed by atoms with Crippen LogP contribution in [-0.2, 0) is 15.1 Å². The number of nitro benzene ring substituents is 1. The summed E-state index contributed by atoms with van der Waals surface area (Å²) in [7, 11) is 0. The Balaban J connectivity index is 1.39. The first kappa shape index (κ1) is 22.5. The lowest BCUT2D eigenvalue weighted by Gasteiger charge is -2.22. The Hall–Kier alpha value is -4.68. The third-order valence-electron chi connectivity index (χ3n) is 5.26. The molecule has 176 valence electrons. The number of carbonyl (C=O) groups excluding carboxylic acids is 4. The highest BCUT2D eigenvalue weighted by Crippen LogP contribution is 2.33. The van der Waals surface area contributed by atoms with Gasteiger partial charge in [0.15, 0.2) is 11.5 Å². The van der Waals surface area contributed by atoms with Gasteiger partial charge in [-0.15, -0.1) is 0 Å². The molecule has 6 amide bonds. The summed E-state index contributed by atoms with van der Waals surface area (Å²) in [6.45, 7) is 1.42. The Morgan fingerprint density at radius 3 is 2.62 bits per heavy atom. The van der Waals surface area contributed by atoms with E-state index in [-0.39, 0.29) is 11.3 Å². The molecule has 3 N–H and O–H groups in total. The van der Waals surface area contributed by atoms with Crippen molar-refractivity contribution in [2.24, 2.45) is 0 Å². The molecule has 2 aliphatic rings. The lowest BCUT2D eigenvalue weighted by atomic mass is 9.91. The average molecular weight is 469 g/mol. The minimum atomic E-state index is -1.61. The average Bonchev–Trinajstić information content (AvgIpc) is 3.02. The van der Waals surface area contributed by atoms with Gasteiger partial charge in [0.2, 0.25) is 5.91 Å². The minimum absolute atomic E-state index is 0.180. The molecule has 1 unspecified atom stereocenters. The maximum absolute atomic E-state index is 12.9. The third kappa shape index (κ3) is 4.30. The fourth-order valence-corrected chi connectivity index (χ4v) is 3.56. The van der Waals surface area contributed by atoms with Gasteiger partial charge in [-0.05, 0) is 24.6 Å². The van der Waals surface area contributed by atoms with Gasteiger partial charge in [0, 0.05) is 23.9 Å². The highest BCUT2D eigenvalue weighted by atomic mass is 16.6. The molecule has 1 fully saturated rings. The van der Waals surface area contributed by atoms with Crippen LogP contribution in [0, 0.1) is 10.1 Å². The summed E-state index contributed by atoms with van der Waals surface area (Å²) in [5, 5.41) is 18.0. The quantitative estimate of drug-likeness (QED) is 0.336. The molecular weight excluding hydrogens is 450 g/mol. The van der Waals surface area contributed by atoms with Crippen molar-refractivity contribution in [3.8, 4) is 11.5 Å². The van der Waals surface area contributed by atoms with Crippen molar-refractivity contribution >= 4 is 35.3 Å². The van der Waals surface area contributed by atoms with Crippen LogP contribution >= 0.6 is 0 Å². The van der Waals surface area contributed by atoms with E-state index in [0.29, 0.717) is 35.3 Å². The number of ether oxygens (including phenoxy) is 2. The summed E-state index contributed by atoms with van der Waals surface area (Å²) in [5.74, 6) is -0.740. The number of carbonyl (C=O) groups is 4. The second-order valence-electron chi connectivity index (χ2n) is 7.61. The van der Waals surface area contributed by atoms with Crippen molar-refractivity contribution in [3.63, 3.8) is 0 Å². The van der Waals surface area contributed by atoms with Gasteiger partial charge in [0.1, 0.15) is 25.3 Å². The maximum atomic E-state index is 12.9. The van der Waals surface area contributed by atoms with Crippen LogP contribution in [0.2, 0.25) is 0 Å². The Morgan fingerprint density at radius 2 is 1.88 bits per heavy atom. The van der Waals surface area contributed by atoms with E-state index < -0.39 is 40.9 Å². The molecule has 4 rings (SSSR count). The van der Waals surface area contributed by atoms with Crippen molar-refractivity contribution in [1.29, 1.82) is 0 Å². The molecule has 2 aromatic rings. The predicted molar refractivity (Wildman–Crippen MR) is 115 cm³/mol. The molecule has 1 saturated heterocycles. The fraction of sp³-hybridized carbons (Fsp3) is 0.238. The zero-order chi connectivity index (χ0) is 24.5. The molecule has 0 saturated carbocycles. The number of urea groups is 2. The molecule has 1 atom stereocenters. The summed E-state index contributed by atoms with van der Waals surface area (Å²) in [4.78, 5) is 60.9. The van der Waals surface area contributed by atoms with Crippen molar-refractivity contribution < 1.29 is 33.6 Å². The zero-order valence-electron chi connectivity index (χ0n) is 17.8. The van der Waals surface area contributed by atoms with Crippen LogP contribution in [-0.4, -0.2) is 53.5 Å². The highest BCUT2D eigenvalue weighted by molar-refractivity contribution is 6.10. The fourth-order valence-electron chi connectivity index (χ4n) is 3.56. The number of nitro groups is 1. The van der Waals surface area contributed by atoms with E-state index in [4.69, 9.17) is 9.47 Å². The van der Waals surface area contributed by atoms with Crippen molar-refractivity contribution in [2.45, 2.75) is 12.5 Å². The molecule has 2 heterocycles. The highest BCUT2D eigenvalue weighted by Gasteiger charge is 2.50. The smallest absolute Gasteiger partial charge is 0.325 e. The Bertz CT molecular complexity index is 1220. The topological polar surface area (TPSA) is 169 Å². The first-order valence-electron chi connectivity index (χ1n) is 10.1. The standard InChI is InChI=1S/C21H19N5O8/c1-21(12-3-2-4-14(9-12)26(31)32)18(28)25(20(30)24-21)11-17(27)23-19(29)22-13-5-6-15-16(10-13)34-8-7-33-15/h2-6,9-10H,7-8,11H2,1H3,(H,24,30)(H2,22,23,27,29). The molecule has 0 spiro atoms. The normalized spacial score (nSPS) is 18.8. The molecule has 0 aliphatic carbocycles. The monoisotopic (exact) mass is 469 g/mol. The van der Waals surface area contributed by atoms with Crippen LogP contribution < -0.4 is 25.4 Å². The van der Waals surface area contributed by atoms with E-state index in [1.165, 1.54) is 37.3 Å². The number of hydrogen-bond donors (Lipinski definition) is 3. The number of amides is 6. The van der Waals surface area contributed by atoms with Gasteiger partial charge in [0.05, 0.1) is 4.92 Å². The van der Waals surface area contributed by atoms with Gasteiger partial charge in [-0.2, -0.15) is 0 Å². The van der Waals surface area contributed by atoms with Crippen LogP contribution in [0.5, 0.6) is 11.5 Å². The molecule has 0 radical (unpaired) electrons. The minimum Gasteiger partial charge on any atom is -0.486 e. The first-order valence-corrected chi connectivity index (χ1v) is 10.1. The lowest BCUT2D eigenvalue weighted by molar-refractivity contribution is -0.385. The van der Waals surface area contributed by atoms with Crippen LogP contribution in [0.3, 0.4) is 0 Å². The maximum Gasteiger partial charge on any atom is 0.325 e. The Labute approximate surface area is 192 Å². The molecule has 2 aromatic carbocycles. The van der Waals surface area contributed by atoms with Crippen molar-refractivity contribution in [1.82, 2.24) is 15.5 Å². The van der Waals surface area contributed by atoms with E-state index in [0.717, 1.165) is 0 Å². The summed E-state index contributed by atoms with van der Waals surface area (Å²) in [6, 6.07) is 8.19. The molecule has 13 nitrogen and oxygen atoms in total. The summed E-state index contributed by atoms with van der Waals surface area (Å²) in [6.07, 6.45) is 0. The number of anilines is 1. The van der Waals surface area contributed by atoms with Gasteiger partial charge in [-0.1, -0.05) is 12.1 Å². The van der Waals surface area contributed by atoms with E-state index >= 15 is 0 Å². The molecule has 13 heteroatoms. The number of hydrogen-bond acceptors (Lipinski definition) is 8. The Morgan fingerprint density at radius 1 is 1.15 bits per heavy atom. The number of fused-ring (bicyclic) bond motifs is 1. The SMILES string of the molecule is CC1(c2cccc([N+](=O)[O-])c2)NC(=O)N(CC(=O)NC(=O)Nc2ccc3c(c2)OCCO3)C1=O. The summed E-state index contributed by atoms with van der Waals surface area (Å²) in [5.41, 5.74) is -1.36. The number of benzene rings is 2. The second-order valence-corrected chi connectivity index (χ2v) is 7.61. The number of imide groups is 2. The summed E-state index contributed by atoms with van der Waals surface area (Å²) >= 11 is 0. The van der Waals surface area contributed by atoms with E-state index in [2.05, 4.69) is 10.6 Å². The van der Waals surface area contributed by atoms with Gasteiger partial charge >= 0.3 is 12.1 Å². The van der Waals surface area contributed by atoms with Crippen molar-refractivity contribution in [2.75, 3.05) is 25.1 Å². The zero-order valence-corrected chi connectivity index (χ0v) is 17.8. The third-order valence-corrected chi connectivity index (χ3v) is 5.26. The van der Waals surface area contributed by atoms with Gasteiger partial charge < -0.3 is 20.1 Å². The molecule has 0 bridgehead atoms. The molecular formula is C21H19N5O8. The van der Waals surface area contributed by atoms with Crippen LogP contribution in [0.15, 0.2) is 42.5 Å². The number of nitrogens with zero attached hydrogens (tertiary/aromatic N) is 2. The van der Waals surface area contributed by atoms with Crippen LogP contribution in [0.25, 0.3) is 0 Å². The number of nitrogens with one attached hydrogen (secondary N) is 3. The molecule has 0 aromatic heterocycles. The van der Waals surface area contributed by atoms with Crippen LogP contribution in [0.1, 0.15) is 12.5 Å². The van der Waals surface area contributed by atoms with Gasteiger partial charge in [0.25, 0.3) is 11.6 Å². The lowest BCUT2D eigenvalue weighted by Crippen LogP contribution is -2.45. The van der Waals surface area contributed by atoms with E-state index in [1.54, 1.807) is 12.1 Å². The van der Waals surface area contributed by atoms with E-state index in [1.807, 2.05) is 5.32 Å². The largest absolute Gasteiger partial charge is 0.486 e.